The van der Waals surface area contributed by atoms with Crippen LogP contribution in [0.2, 0.25) is 5.02 Å². The largest absolute Gasteiger partial charge is 0.494 e. The second-order valence-electron chi connectivity index (χ2n) is 8.67. The maximum Gasteiger partial charge on any atom is 0.141 e. The van der Waals surface area contributed by atoms with Crippen molar-refractivity contribution in [2.45, 2.75) is 45.6 Å². The molecule has 4 rings (SSSR count). The molecule has 0 radical (unpaired) electrons. The number of nitrogens with zero attached hydrogens (tertiary/aromatic N) is 2. The van der Waals surface area contributed by atoms with Crippen LogP contribution in [-0.4, -0.2) is 22.9 Å². The smallest absolute Gasteiger partial charge is 0.141 e. The van der Waals surface area contributed by atoms with E-state index < -0.39 is 0 Å². The minimum Gasteiger partial charge on any atom is -0.494 e. The number of ether oxygens (including phenoxy) is 2. The number of fused-ring (bicyclic) bond motifs is 1. The summed E-state index contributed by atoms with van der Waals surface area (Å²) in [6.07, 6.45) is 7.12. The molecule has 0 spiro atoms. The van der Waals surface area contributed by atoms with Crippen LogP contribution in [-0.2, 0) is 11.4 Å². The Morgan fingerprint density at radius 3 is 2.67 bits per heavy atom. The molecule has 1 N–H and O–H groups in total. The van der Waals surface area contributed by atoms with Crippen molar-refractivity contribution in [1.82, 2.24) is 9.97 Å². The Hall–Kier alpha value is -3.64. The number of hydrogen-bond acceptors (Lipinski definition) is 6. The van der Waals surface area contributed by atoms with Gasteiger partial charge in [-0.1, -0.05) is 54.3 Å². The van der Waals surface area contributed by atoms with Crippen LogP contribution in [0.15, 0.2) is 67.0 Å². The van der Waals surface area contributed by atoms with E-state index in [0.717, 1.165) is 59.9 Å². The average molecular weight is 504 g/mol. The summed E-state index contributed by atoms with van der Waals surface area (Å²) in [6, 6.07) is 19.6. The highest BCUT2D eigenvalue weighted by Gasteiger charge is 2.09. The summed E-state index contributed by atoms with van der Waals surface area (Å²) in [5.74, 6) is 2.06. The summed E-state index contributed by atoms with van der Waals surface area (Å²) in [6.45, 7) is 3.14. The van der Waals surface area contributed by atoms with Gasteiger partial charge in [-0.15, -0.1) is 0 Å². The molecule has 0 fully saturated rings. The maximum absolute atomic E-state index is 10.4. The van der Waals surface area contributed by atoms with E-state index in [1.807, 2.05) is 48.5 Å². The molecule has 0 bridgehead atoms. The van der Waals surface area contributed by atoms with Crippen molar-refractivity contribution in [1.29, 1.82) is 0 Å². The maximum atomic E-state index is 10.4. The summed E-state index contributed by atoms with van der Waals surface area (Å²) < 4.78 is 11.9. The lowest BCUT2D eigenvalue weighted by atomic mass is 10.1. The Morgan fingerprint density at radius 2 is 1.83 bits per heavy atom. The van der Waals surface area contributed by atoms with Crippen LogP contribution in [0.25, 0.3) is 10.9 Å². The Balaban J connectivity index is 1.39. The van der Waals surface area contributed by atoms with Crippen molar-refractivity contribution < 1.29 is 14.3 Å². The number of rotatable bonds is 13. The van der Waals surface area contributed by atoms with Gasteiger partial charge in [0.05, 0.1) is 17.1 Å². The average Bonchev–Trinajstić information content (AvgIpc) is 2.88. The fourth-order valence-corrected chi connectivity index (χ4v) is 4.13. The first-order valence-electron chi connectivity index (χ1n) is 12.2. The minimum absolute atomic E-state index is 0.451. The summed E-state index contributed by atoms with van der Waals surface area (Å²) in [5.41, 5.74) is 3.90. The molecule has 0 saturated heterocycles. The molecule has 0 aliphatic carbocycles. The Kier molecular flexibility index (Phi) is 9.11. The number of carbonyl (C=O) groups is 1. The number of aryl methyl sites for hydroxylation is 1. The van der Waals surface area contributed by atoms with Gasteiger partial charge in [-0.2, -0.15) is 0 Å². The number of benzene rings is 3. The minimum atomic E-state index is 0.451. The van der Waals surface area contributed by atoms with Gasteiger partial charge in [0.15, 0.2) is 0 Å². The van der Waals surface area contributed by atoms with Crippen LogP contribution in [0.1, 0.15) is 43.2 Å². The van der Waals surface area contributed by atoms with E-state index in [1.165, 1.54) is 11.9 Å². The van der Waals surface area contributed by atoms with Crippen LogP contribution in [0, 0.1) is 6.92 Å². The standard InChI is InChI=1S/C29H30ClN3O3/c1-21-8-7-9-22(16-21)19-36-28-13-10-23(17-26(28)30)33-29-25-18-24(11-12-27(25)31-20-32-29)35-15-6-4-2-3-5-14-34/h7-14,16-18,20H,2-6,15,19H2,1H3,(H,31,32,33). The van der Waals surface area contributed by atoms with Gasteiger partial charge in [-0.05, 0) is 61.7 Å². The van der Waals surface area contributed by atoms with E-state index in [-0.39, 0.29) is 0 Å². The molecule has 0 saturated carbocycles. The van der Waals surface area contributed by atoms with Gasteiger partial charge in [0.25, 0.3) is 0 Å². The molecule has 0 aliphatic rings. The van der Waals surface area contributed by atoms with Gasteiger partial charge in [0.2, 0.25) is 0 Å². The molecule has 3 aromatic carbocycles. The number of unbranched alkanes of at least 4 members (excludes halogenated alkanes) is 4. The van der Waals surface area contributed by atoms with E-state index >= 15 is 0 Å². The predicted molar refractivity (Wildman–Crippen MR) is 144 cm³/mol. The van der Waals surface area contributed by atoms with Gasteiger partial charge in [-0.3, -0.25) is 0 Å². The number of hydrogen-bond donors (Lipinski definition) is 1. The summed E-state index contributed by atoms with van der Waals surface area (Å²) in [4.78, 5) is 19.2. The first kappa shape index (κ1) is 25.5. The highest BCUT2D eigenvalue weighted by atomic mass is 35.5. The van der Waals surface area contributed by atoms with E-state index in [9.17, 15) is 4.79 Å². The van der Waals surface area contributed by atoms with Crippen LogP contribution < -0.4 is 14.8 Å². The van der Waals surface area contributed by atoms with Crippen LogP contribution in [0.3, 0.4) is 0 Å². The number of carbonyl (C=O) groups excluding carboxylic acids is 1. The lowest BCUT2D eigenvalue weighted by Crippen LogP contribution is -2.00. The van der Waals surface area contributed by atoms with Gasteiger partial charge >= 0.3 is 0 Å². The molecule has 7 heteroatoms. The second-order valence-corrected chi connectivity index (χ2v) is 9.07. The number of aldehydes is 1. The van der Waals surface area contributed by atoms with Crippen molar-refractivity contribution >= 4 is 40.3 Å². The molecule has 1 heterocycles. The fraction of sp³-hybridized carbons (Fsp3) is 0.276. The summed E-state index contributed by atoms with van der Waals surface area (Å²) >= 11 is 6.51. The third kappa shape index (κ3) is 7.18. The molecule has 1 aromatic heterocycles. The molecule has 0 amide bonds. The Labute approximate surface area is 216 Å². The van der Waals surface area contributed by atoms with E-state index in [2.05, 4.69) is 34.3 Å². The molecule has 0 atom stereocenters. The lowest BCUT2D eigenvalue weighted by Gasteiger charge is -2.13. The zero-order valence-electron chi connectivity index (χ0n) is 20.4. The molecule has 0 aliphatic heterocycles. The van der Waals surface area contributed by atoms with Crippen molar-refractivity contribution in [2.24, 2.45) is 0 Å². The molecule has 36 heavy (non-hydrogen) atoms. The van der Waals surface area contributed by atoms with Crippen molar-refractivity contribution in [2.75, 3.05) is 11.9 Å². The second kappa shape index (κ2) is 12.9. The Bertz CT molecular complexity index is 1310. The number of aromatic nitrogens is 2. The first-order valence-corrected chi connectivity index (χ1v) is 12.6. The molecule has 4 aromatic rings. The highest BCUT2D eigenvalue weighted by Crippen LogP contribution is 2.32. The molecule has 6 nitrogen and oxygen atoms in total. The summed E-state index contributed by atoms with van der Waals surface area (Å²) in [7, 11) is 0. The monoisotopic (exact) mass is 503 g/mol. The summed E-state index contributed by atoms with van der Waals surface area (Å²) in [5, 5.41) is 4.72. The van der Waals surface area contributed by atoms with Crippen molar-refractivity contribution in [3.63, 3.8) is 0 Å². The van der Waals surface area contributed by atoms with Gasteiger partial charge in [0.1, 0.15) is 36.5 Å². The number of nitrogens with one attached hydrogen (secondary N) is 1. The predicted octanol–water partition coefficient (Wildman–Crippen LogP) is 7.44. The van der Waals surface area contributed by atoms with Crippen LogP contribution in [0.5, 0.6) is 11.5 Å². The molecular weight excluding hydrogens is 474 g/mol. The van der Waals surface area contributed by atoms with Crippen LogP contribution in [0.4, 0.5) is 11.5 Å². The van der Waals surface area contributed by atoms with E-state index in [0.29, 0.717) is 36.2 Å². The van der Waals surface area contributed by atoms with Gasteiger partial charge in [-0.25, -0.2) is 9.97 Å². The Morgan fingerprint density at radius 1 is 0.944 bits per heavy atom. The highest BCUT2D eigenvalue weighted by molar-refractivity contribution is 6.32. The van der Waals surface area contributed by atoms with Crippen LogP contribution >= 0.6 is 11.6 Å². The van der Waals surface area contributed by atoms with Crippen molar-refractivity contribution in [3.05, 3.63) is 83.1 Å². The SMILES string of the molecule is Cc1cccc(COc2ccc(Nc3ncnc4ccc(OCCCCCCC=O)cc34)cc2Cl)c1. The molecular formula is C29H30ClN3O3. The first-order chi connectivity index (χ1) is 17.6. The lowest BCUT2D eigenvalue weighted by molar-refractivity contribution is -0.107. The van der Waals surface area contributed by atoms with E-state index in [4.69, 9.17) is 21.1 Å². The van der Waals surface area contributed by atoms with Crippen molar-refractivity contribution in [3.8, 4) is 11.5 Å². The van der Waals surface area contributed by atoms with E-state index in [1.54, 1.807) is 0 Å². The normalized spacial score (nSPS) is 10.8. The number of halogens is 1. The molecule has 186 valence electrons. The fourth-order valence-electron chi connectivity index (χ4n) is 3.89. The number of anilines is 2. The topological polar surface area (TPSA) is 73.3 Å². The molecule has 0 unspecified atom stereocenters. The van der Waals surface area contributed by atoms with Gasteiger partial charge < -0.3 is 19.6 Å². The quantitative estimate of drug-likeness (QED) is 0.151. The zero-order valence-corrected chi connectivity index (χ0v) is 21.1. The van der Waals surface area contributed by atoms with Gasteiger partial charge in [0, 0.05) is 17.5 Å². The third-order valence-electron chi connectivity index (χ3n) is 5.76. The third-order valence-corrected chi connectivity index (χ3v) is 6.06. The zero-order chi connectivity index (χ0) is 25.2.